The van der Waals surface area contributed by atoms with Crippen LogP contribution in [0.5, 0.6) is 5.75 Å². The van der Waals surface area contributed by atoms with Gasteiger partial charge in [-0.1, -0.05) is 23.9 Å². The van der Waals surface area contributed by atoms with Crippen LogP contribution in [0.1, 0.15) is 0 Å². The topological polar surface area (TPSA) is 95.1 Å². The minimum Gasteiger partial charge on any atom is -0.497 e. The number of nitrogens with one attached hydrogen (secondary N) is 1. The fourth-order valence-electron chi connectivity index (χ4n) is 2.19. The number of methoxy groups -OCH3 is 1. The Morgan fingerprint density at radius 1 is 1.23 bits per heavy atom. The molecule has 3 rings (SSSR count). The van der Waals surface area contributed by atoms with Crippen molar-refractivity contribution in [2.75, 3.05) is 24.0 Å². The van der Waals surface area contributed by atoms with Crippen LogP contribution in [0.15, 0.2) is 53.7 Å². The maximum Gasteiger partial charge on any atom is 0.234 e. The monoisotopic (exact) mass is 481 g/mol. The number of anilines is 1. The van der Waals surface area contributed by atoms with E-state index in [2.05, 4.69) is 38.1 Å². The zero-order chi connectivity index (χ0) is 18.5. The molecule has 0 saturated carbocycles. The second-order valence-corrected chi connectivity index (χ2v) is 7.33. The lowest BCUT2D eigenvalue weighted by molar-refractivity contribution is -0.113. The van der Waals surface area contributed by atoms with Gasteiger partial charge in [-0.2, -0.15) is 0 Å². The molecule has 0 fully saturated rings. The molecular formula is C17H16IN5O2S. The van der Waals surface area contributed by atoms with Gasteiger partial charge in [0, 0.05) is 9.13 Å². The molecule has 0 atom stereocenters. The van der Waals surface area contributed by atoms with Crippen molar-refractivity contribution in [2.45, 2.75) is 5.16 Å². The summed E-state index contributed by atoms with van der Waals surface area (Å²) in [6.07, 6.45) is 0. The van der Waals surface area contributed by atoms with E-state index >= 15 is 0 Å². The number of nitrogens with two attached hydrogens (primary N) is 1. The quantitative estimate of drug-likeness (QED) is 0.320. The van der Waals surface area contributed by atoms with Gasteiger partial charge in [-0.15, -0.1) is 10.2 Å². The van der Waals surface area contributed by atoms with Crippen LogP contribution >= 0.6 is 34.4 Å². The third kappa shape index (κ3) is 4.28. The van der Waals surface area contributed by atoms with Crippen LogP contribution in [0.2, 0.25) is 0 Å². The maximum absolute atomic E-state index is 12.1. The highest BCUT2D eigenvalue weighted by atomic mass is 127. The number of hydrogen-bond donors (Lipinski definition) is 2. The Morgan fingerprint density at radius 2 is 1.96 bits per heavy atom. The van der Waals surface area contributed by atoms with Crippen LogP contribution in [-0.4, -0.2) is 33.6 Å². The average molecular weight is 481 g/mol. The van der Waals surface area contributed by atoms with Gasteiger partial charge in [0.2, 0.25) is 11.1 Å². The van der Waals surface area contributed by atoms with E-state index in [1.807, 2.05) is 48.5 Å². The van der Waals surface area contributed by atoms with Crippen molar-refractivity contribution in [3.63, 3.8) is 0 Å². The summed E-state index contributed by atoms with van der Waals surface area (Å²) >= 11 is 3.41. The van der Waals surface area contributed by atoms with Crippen molar-refractivity contribution in [1.29, 1.82) is 0 Å². The van der Waals surface area contributed by atoms with Crippen LogP contribution in [0.25, 0.3) is 11.4 Å². The number of para-hydroxylation sites is 1. The molecule has 0 bridgehead atoms. The molecule has 26 heavy (non-hydrogen) atoms. The van der Waals surface area contributed by atoms with Gasteiger partial charge in [0.25, 0.3) is 0 Å². The summed E-state index contributed by atoms with van der Waals surface area (Å²) in [5.74, 6) is 7.40. The van der Waals surface area contributed by atoms with Gasteiger partial charge in [0.1, 0.15) is 5.75 Å². The zero-order valence-corrected chi connectivity index (χ0v) is 16.8. The van der Waals surface area contributed by atoms with Crippen LogP contribution in [0.3, 0.4) is 0 Å². The molecule has 7 nitrogen and oxygen atoms in total. The predicted molar refractivity (Wildman–Crippen MR) is 111 cm³/mol. The first-order chi connectivity index (χ1) is 12.6. The standard InChI is InChI=1S/C17H16IN5O2S/c1-25-12-8-6-11(7-9-12)16-21-22-17(23(16)19)26-10-15(24)20-14-5-3-2-4-13(14)18/h2-9H,10,19H2,1H3,(H,20,24). The highest BCUT2D eigenvalue weighted by molar-refractivity contribution is 14.1. The largest absolute Gasteiger partial charge is 0.497 e. The number of hydrogen-bond acceptors (Lipinski definition) is 6. The number of nitrogens with zero attached hydrogens (tertiary/aromatic N) is 3. The second-order valence-electron chi connectivity index (χ2n) is 5.22. The van der Waals surface area contributed by atoms with Crippen molar-refractivity contribution in [1.82, 2.24) is 14.9 Å². The summed E-state index contributed by atoms with van der Waals surface area (Å²) in [5.41, 5.74) is 1.60. The van der Waals surface area contributed by atoms with Gasteiger partial charge in [0.05, 0.1) is 18.6 Å². The van der Waals surface area contributed by atoms with Gasteiger partial charge < -0.3 is 15.9 Å². The van der Waals surface area contributed by atoms with Crippen molar-refractivity contribution in [3.8, 4) is 17.1 Å². The fourth-order valence-corrected chi connectivity index (χ4v) is 3.37. The van der Waals surface area contributed by atoms with E-state index in [1.54, 1.807) is 7.11 Å². The molecule has 2 aromatic carbocycles. The van der Waals surface area contributed by atoms with E-state index in [9.17, 15) is 4.79 Å². The zero-order valence-electron chi connectivity index (χ0n) is 13.8. The maximum atomic E-state index is 12.1. The summed E-state index contributed by atoms with van der Waals surface area (Å²) in [6, 6.07) is 14.9. The molecule has 3 aromatic rings. The third-order valence-electron chi connectivity index (χ3n) is 3.49. The molecular weight excluding hydrogens is 465 g/mol. The van der Waals surface area contributed by atoms with Crippen molar-refractivity contribution >= 4 is 45.9 Å². The lowest BCUT2D eigenvalue weighted by Crippen LogP contribution is -2.17. The molecule has 3 N–H and O–H groups in total. The normalized spacial score (nSPS) is 10.5. The summed E-state index contributed by atoms with van der Waals surface area (Å²) in [4.78, 5) is 12.1. The predicted octanol–water partition coefficient (Wildman–Crippen LogP) is 3.00. The number of thioether (sulfide) groups is 1. The number of benzene rings is 2. The van der Waals surface area contributed by atoms with Gasteiger partial charge >= 0.3 is 0 Å². The van der Waals surface area contributed by atoms with Crippen LogP contribution in [0, 0.1) is 3.57 Å². The summed E-state index contributed by atoms with van der Waals surface area (Å²) in [6.45, 7) is 0. The Labute approximate surface area is 168 Å². The molecule has 0 unspecified atom stereocenters. The number of carbonyl (C=O) groups excluding carboxylic acids is 1. The molecule has 9 heteroatoms. The minimum atomic E-state index is -0.131. The number of ether oxygens (including phenoxy) is 1. The number of halogens is 1. The molecule has 1 heterocycles. The number of nitrogen functional groups attached to an aromatic ring is 1. The minimum absolute atomic E-state index is 0.131. The van der Waals surface area contributed by atoms with Gasteiger partial charge in [0.15, 0.2) is 5.82 Å². The Kier molecular flexibility index (Phi) is 5.99. The Balaban J connectivity index is 1.64. The lowest BCUT2D eigenvalue weighted by Gasteiger charge is -2.07. The molecule has 0 aliphatic heterocycles. The number of aromatic nitrogens is 3. The molecule has 0 radical (unpaired) electrons. The van der Waals surface area contributed by atoms with E-state index < -0.39 is 0 Å². The first-order valence-electron chi connectivity index (χ1n) is 7.60. The number of amides is 1. The van der Waals surface area contributed by atoms with Crippen LogP contribution < -0.4 is 15.9 Å². The molecule has 0 aliphatic carbocycles. The van der Waals surface area contributed by atoms with E-state index in [4.69, 9.17) is 10.6 Å². The summed E-state index contributed by atoms with van der Waals surface area (Å²) in [7, 11) is 1.61. The molecule has 1 amide bonds. The first-order valence-corrected chi connectivity index (χ1v) is 9.67. The first kappa shape index (κ1) is 18.5. The molecule has 0 aliphatic rings. The van der Waals surface area contributed by atoms with Crippen LogP contribution in [-0.2, 0) is 4.79 Å². The van der Waals surface area contributed by atoms with E-state index in [0.29, 0.717) is 11.0 Å². The summed E-state index contributed by atoms with van der Waals surface area (Å²) < 4.78 is 7.50. The lowest BCUT2D eigenvalue weighted by atomic mass is 10.2. The highest BCUT2D eigenvalue weighted by Gasteiger charge is 2.14. The molecule has 0 saturated heterocycles. The SMILES string of the molecule is COc1ccc(-c2nnc(SCC(=O)Nc3ccccc3I)n2N)cc1. The van der Waals surface area contributed by atoms with E-state index in [-0.39, 0.29) is 11.7 Å². The summed E-state index contributed by atoms with van der Waals surface area (Å²) in [5, 5.41) is 11.5. The number of rotatable bonds is 6. The van der Waals surface area contributed by atoms with Crippen LogP contribution in [0.4, 0.5) is 5.69 Å². The van der Waals surface area contributed by atoms with Crippen molar-refractivity contribution in [2.24, 2.45) is 0 Å². The molecule has 1 aromatic heterocycles. The Morgan fingerprint density at radius 3 is 2.65 bits per heavy atom. The second kappa shape index (κ2) is 8.41. The molecule has 134 valence electrons. The van der Waals surface area contributed by atoms with Gasteiger partial charge in [-0.3, -0.25) is 4.79 Å². The van der Waals surface area contributed by atoms with Crippen molar-refractivity contribution in [3.05, 3.63) is 52.1 Å². The Hall–Kier alpha value is -2.27. The smallest absolute Gasteiger partial charge is 0.234 e. The average Bonchev–Trinajstić information content (AvgIpc) is 3.02. The third-order valence-corrected chi connectivity index (χ3v) is 5.38. The van der Waals surface area contributed by atoms with Gasteiger partial charge in [-0.25, -0.2) is 4.68 Å². The fraction of sp³-hybridized carbons (Fsp3) is 0.118. The van der Waals surface area contributed by atoms with E-state index in [1.165, 1.54) is 16.4 Å². The van der Waals surface area contributed by atoms with Gasteiger partial charge in [-0.05, 0) is 59.0 Å². The van der Waals surface area contributed by atoms with Crippen molar-refractivity contribution < 1.29 is 9.53 Å². The van der Waals surface area contributed by atoms with E-state index in [0.717, 1.165) is 20.6 Å². The Bertz CT molecular complexity index is 914. The molecule has 0 spiro atoms. The number of carbonyl (C=O) groups is 1. The highest BCUT2D eigenvalue weighted by Crippen LogP contribution is 2.24.